The van der Waals surface area contributed by atoms with Gasteiger partial charge in [0.2, 0.25) is 0 Å². The van der Waals surface area contributed by atoms with Gasteiger partial charge in [-0.05, 0) is 11.6 Å². The van der Waals surface area contributed by atoms with Crippen LogP contribution in [-0.4, -0.2) is 24.5 Å². The van der Waals surface area contributed by atoms with Crippen LogP contribution >= 0.6 is 0 Å². The standard InChI is InChI=1S/C20H15N5/c1-2-6-14(7-3-1)11-25-13-24-20-19(25)18(22-12-23-20)16-10-21-17-9-5-4-8-15(16)17/h1-10,12-13,21H,11H2. The minimum atomic E-state index is 0.714. The lowest BCUT2D eigenvalue weighted by Gasteiger charge is -2.07. The maximum absolute atomic E-state index is 4.58. The van der Waals surface area contributed by atoms with Crippen molar-refractivity contribution in [3.63, 3.8) is 0 Å². The van der Waals surface area contributed by atoms with E-state index in [1.54, 1.807) is 6.33 Å². The Kier molecular flexibility index (Phi) is 3.10. The summed E-state index contributed by atoms with van der Waals surface area (Å²) in [4.78, 5) is 16.7. The summed E-state index contributed by atoms with van der Waals surface area (Å²) < 4.78 is 2.11. The summed E-state index contributed by atoms with van der Waals surface area (Å²) in [5, 5.41) is 1.15. The van der Waals surface area contributed by atoms with E-state index in [9.17, 15) is 0 Å². The Morgan fingerprint density at radius 1 is 0.880 bits per heavy atom. The number of aromatic amines is 1. The van der Waals surface area contributed by atoms with Crippen molar-refractivity contribution < 1.29 is 0 Å². The fraction of sp³-hybridized carbons (Fsp3) is 0.0500. The van der Waals surface area contributed by atoms with E-state index in [0.29, 0.717) is 5.65 Å². The molecular weight excluding hydrogens is 310 g/mol. The zero-order valence-electron chi connectivity index (χ0n) is 13.4. The van der Waals surface area contributed by atoms with Crippen LogP contribution in [0.25, 0.3) is 33.3 Å². The number of hydrogen-bond acceptors (Lipinski definition) is 3. The Morgan fingerprint density at radius 2 is 1.72 bits per heavy atom. The van der Waals surface area contributed by atoms with Gasteiger partial charge in [0, 0.05) is 29.2 Å². The Hall–Kier alpha value is -3.47. The number of benzene rings is 2. The van der Waals surface area contributed by atoms with Gasteiger partial charge in [0.25, 0.3) is 0 Å². The van der Waals surface area contributed by atoms with Crippen LogP contribution in [-0.2, 0) is 6.54 Å². The van der Waals surface area contributed by atoms with Crippen molar-refractivity contribution in [3.8, 4) is 11.3 Å². The molecule has 0 aliphatic rings. The third-order valence-corrected chi connectivity index (χ3v) is 4.45. The van der Waals surface area contributed by atoms with E-state index >= 15 is 0 Å². The quantitative estimate of drug-likeness (QED) is 0.545. The highest BCUT2D eigenvalue weighted by molar-refractivity contribution is 6.00. The molecule has 0 atom stereocenters. The van der Waals surface area contributed by atoms with E-state index in [4.69, 9.17) is 0 Å². The SMILES string of the molecule is c1ccc(Cn2cnc3ncnc(-c4c[nH]c5ccccc45)c32)cc1. The van der Waals surface area contributed by atoms with Crippen LogP contribution in [0.1, 0.15) is 5.56 Å². The lowest BCUT2D eigenvalue weighted by atomic mass is 10.1. The number of H-pyrrole nitrogens is 1. The summed E-state index contributed by atoms with van der Waals surface area (Å²) in [5.74, 6) is 0. The van der Waals surface area contributed by atoms with Crippen molar-refractivity contribution in [3.05, 3.63) is 79.0 Å². The highest BCUT2D eigenvalue weighted by Gasteiger charge is 2.15. The molecule has 5 nitrogen and oxygen atoms in total. The number of nitrogens with zero attached hydrogens (tertiary/aromatic N) is 4. The predicted octanol–water partition coefficient (Wildman–Crippen LogP) is 4.02. The number of aromatic nitrogens is 5. The van der Waals surface area contributed by atoms with Crippen molar-refractivity contribution in [2.45, 2.75) is 6.54 Å². The van der Waals surface area contributed by atoms with Crippen LogP contribution in [0, 0.1) is 0 Å². The van der Waals surface area contributed by atoms with Crippen molar-refractivity contribution >= 4 is 22.1 Å². The third kappa shape index (κ3) is 2.29. The first-order valence-corrected chi connectivity index (χ1v) is 8.16. The average Bonchev–Trinajstić information content (AvgIpc) is 3.27. The summed E-state index contributed by atoms with van der Waals surface area (Å²) in [6.07, 6.45) is 5.43. The largest absolute Gasteiger partial charge is 0.360 e. The predicted molar refractivity (Wildman–Crippen MR) is 98.2 cm³/mol. The van der Waals surface area contributed by atoms with Gasteiger partial charge in [0.1, 0.15) is 17.5 Å². The first kappa shape index (κ1) is 13.9. The molecule has 5 heteroatoms. The maximum atomic E-state index is 4.58. The molecule has 0 fully saturated rings. The van der Waals surface area contributed by atoms with Crippen molar-refractivity contribution in [2.75, 3.05) is 0 Å². The highest BCUT2D eigenvalue weighted by atomic mass is 15.1. The molecule has 0 saturated heterocycles. The monoisotopic (exact) mass is 325 g/mol. The van der Waals surface area contributed by atoms with Crippen LogP contribution in [0.5, 0.6) is 0 Å². The number of hydrogen-bond donors (Lipinski definition) is 1. The molecule has 0 saturated carbocycles. The first-order chi connectivity index (χ1) is 12.4. The third-order valence-electron chi connectivity index (χ3n) is 4.45. The molecule has 3 heterocycles. The Morgan fingerprint density at radius 3 is 2.64 bits per heavy atom. The molecule has 0 amide bonds. The van der Waals surface area contributed by atoms with Gasteiger partial charge in [-0.15, -0.1) is 0 Å². The molecule has 0 bridgehead atoms. The van der Waals surface area contributed by atoms with Gasteiger partial charge in [0.05, 0.1) is 6.33 Å². The van der Waals surface area contributed by atoms with Crippen molar-refractivity contribution in [1.29, 1.82) is 0 Å². The van der Waals surface area contributed by atoms with Gasteiger partial charge in [-0.25, -0.2) is 15.0 Å². The molecule has 25 heavy (non-hydrogen) atoms. The first-order valence-electron chi connectivity index (χ1n) is 8.16. The van der Waals surface area contributed by atoms with E-state index in [2.05, 4.69) is 48.8 Å². The zero-order valence-corrected chi connectivity index (χ0v) is 13.4. The van der Waals surface area contributed by atoms with Gasteiger partial charge >= 0.3 is 0 Å². The molecule has 5 aromatic rings. The number of rotatable bonds is 3. The summed E-state index contributed by atoms with van der Waals surface area (Å²) in [5.41, 5.74) is 5.95. The lowest BCUT2D eigenvalue weighted by molar-refractivity contribution is 0.824. The van der Waals surface area contributed by atoms with Crippen LogP contribution in [0.2, 0.25) is 0 Å². The second kappa shape index (κ2) is 5.56. The fourth-order valence-corrected chi connectivity index (χ4v) is 3.28. The Labute approximate surface area is 144 Å². The van der Waals surface area contributed by atoms with Crippen LogP contribution in [0.15, 0.2) is 73.4 Å². The number of nitrogens with one attached hydrogen (secondary N) is 1. The summed E-state index contributed by atoms with van der Waals surface area (Å²) in [6, 6.07) is 18.6. The molecule has 0 spiro atoms. The van der Waals surface area contributed by atoms with E-state index in [1.165, 1.54) is 5.56 Å². The van der Waals surface area contributed by atoms with Gasteiger partial charge in [0.15, 0.2) is 5.65 Å². The minimum absolute atomic E-state index is 0.714. The van der Waals surface area contributed by atoms with Gasteiger partial charge in [-0.2, -0.15) is 0 Å². The van der Waals surface area contributed by atoms with Crippen molar-refractivity contribution in [1.82, 2.24) is 24.5 Å². The fourth-order valence-electron chi connectivity index (χ4n) is 3.28. The molecule has 3 aromatic heterocycles. The highest BCUT2D eigenvalue weighted by Crippen LogP contribution is 2.31. The topological polar surface area (TPSA) is 59.4 Å². The number of imidazole rings is 1. The minimum Gasteiger partial charge on any atom is -0.360 e. The van der Waals surface area contributed by atoms with Gasteiger partial charge < -0.3 is 9.55 Å². The van der Waals surface area contributed by atoms with E-state index in [1.807, 2.05) is 42.9 Å². The molecule has 0 aliphatic heterocycles. The zero-order chi connectivity index (χ0) is 16.6. The lowest BCUT2D eigenvalue weighted by Crippen LogP contribution is -2.00. The van der Waals surface area contributed by atoms with E-state index in [0.717, 1.165) is 34.2 Å². The molecule has 0 aliphatic carbocycles. The summed E-state index contributed by atoms with van der Waals surface area (Å²) >= 11 is 0. The van der Waals surface area contributed by atoms with Crippen LogP contribution in [0.3, 0.4) is 0 Å². The Bertz CT molecular complexity index is 1170. The summed E-state index contributed by atoms with van der Waals surface area (Å²) in [6.45, 7) is 0.736. The van der Waals surface area contributed by atoms with E-state index in [-0.39, 0.29) is 0 Å². The molecule has 2 aromatic carbocycles. The van der Waals surface area contributed by atoms with Crippen LogP contribution in [0.4, 0.5) is 0 Å². The number of fused-ring (bicyclic) bond motifs is 2. The molecule has 120 valence electrons. The molecular formula is C20H15N5. The van der Waals surface area contributed by atoms with Crippen molar-refractivity contribution in [2.24, 2.45) is 0 Å². The second-order valence-electron chi connectivity index (χ2n) is 6.00. The molecule has 5 rings (SSSR count). The second-order valence-corrected chi connectivity index (χ2v) is 6.00. The van der Waals surface area contributed by atoms with Crippen LogP contribution < -0.4 is 0 Å². The maximum Gasteiger partial charge on any atom is 0.181 e. The number of para-hydroxylation sites is 1. The normalized spacial score (nSPS) is 11.4. The summed E-state index contributed by atoms with van der Waals surface area (Å²) in [7, 11) is 0. The molecule has 0 unspecified atom stereocenters. The smallest absolute Gasteiger partial charge is 0.181 e. The average molecular weight is 325 g/mol. The molecule has 1 N–H and O–H groups in total. The van der Waals surface area contributed by atoms with Gasteiger partial charge in [-0.1, -0.05) is 48.5 Å². The molecule has 0 radical (unpaired) electrons. The Balaban J connectivity index is 1.72. The van der Waals surface area contributed by atoms with Gasteiger partial charge in [-0.3, -0.25) is 0 Å². The van der Waals surface area contributed by atoms with E-state index < -0.39 is 0 Å².